The predicted octanol–water partition coefficient (Wildman–Crippen LogP) is 5.01. The molecule has 4 heteroatoms. The van der Waals surface area contributed by atoms with Gasteiger partial charge in [-0.3, -0.25) is 4.79 Å². The second-order valence-corrected chi connectivity index (χ2v) is 7.17. The Morgan fingerprint density at radius 2 is 1.85 bits per heavy atom. The van der Waals surface area contributed by atoms with Crippen molar-refractivity contribution in [2.45, 2.75) is 38.5 Å². The smallest absolute Gasteiger partial charge is 0.310 e. The summed E-state index contributed by atoms with van der Waals surface area (Å²) in [5.74, 6) is 1.01. The van der Waals surface area contributed by atoms with Gasteiger partial charge in [-0.1, -0.05) is 50.2 Å². The molecule has 2 aromatic carbocycles. The van der Waals surface area contributed by atoms with E-state index in [0.29, 0.717) is 6.61 Å². The van der Waals surface area contributed by atoms with E-state index in [2.05, 4.69) is 37.0 Å². The molecule has 1 saturated carbocycles. The highest BCUT2D eigenvalue weighted by Crippen LogP contribution is 2.61. The summed E-state index contributed by atoms with van der Waals surface area (Å²) in [4.78, 5) is 17.0. The molecule has 0 amide bonds. The Balaban J connectivity index is 1.70. The van der Waals surface area contributed by atoms with Gasteiger partial charge in [-0.15, -0.1) is 0 Å². The van der Waals surface area contributed by atoms with Crippen molar-refractivity contribution in [3.05, 3.63) is 65.5 Å². The molecule has 134 valence electrons. The number of ether oxygens (including phenoxy) is 1. The molecule has 3 atom stereocenters. The number of hydrogen-bond acceptors (Lipinski definition) is 4. The van der Waals surface area contributed by atoms with E-state index in [9.17, 15) is 4.79 Å². The normalized spacial score (nSPS) is 21.9. The lowest BCUT2D eigenvalue weighted by atomic mass is 10.0. The highest BCUT2D eigenvalue weighted by molar-refractivity contribution is 5.81. The molecule has 0 spiro atoms. The number of esters is 1. The van der Waals surface area contributed by atoms with E-state index < -0.39 is 0 Å². The summed E-state index contributed by atoms with van der Waals surface area (Å²) in [5, 5.41) is 0. The van der Waals surface area contributed by atoms with Crippen LogP contribution in [0.15, 0.2) is 52.9 Å². The second kappa shape index (κ2) is 6.60. The maximum absolute atomic E-state index is 12.5. The number of fused-ring (bicyclic) bond motifs is 1. The summed E-state index contributed by atoms with van der Waals surface area (Å²) in [5.41, 5.74) is 3.93. The fourth-order valence-corrected chi connectivity index (χ4v) is 3.76. The zero-order valence-corrected chi connectivity index (χ0v) is 15.3. The lowest BCUT2D eigenvalue weighted by molar-refractivity contribution is -0.144. The van der Waals surface area contributed by atoms with Crippen LogP contribution in [0.4, 0.5) is 0 Å². The van der Waals surface area contributed by atoms with Crippen LogP contribution in [0.3, 0.4) is 0 Å². The zero-order chi connectivity index (χ0) is 18.3. The van der Waals surface area contributed by atoms with Crippen LogP contribution < -0.4 is 0 Å². The first-order chi connectivity index (χ1) is 12.6. The Kier molecular flexibility index (Phi) is 4.27. The van der Waals surface area contributed by atoms with Crippen molar-refractivity contribution in [1.29, 1.82) is 0 Å². The van der Waals surface area contributed by atoms with Crippen molar-refractivity contribution in [3.8, 4) is 0 Å². The Bertz CT molecular complexity index is 929. The second-order valence-electron chi connectivity index (χ2n) is 7.17. The molecule has 1 aliphatic rings. The maximum atomic E-state index is 12.5. The third-order valence-corrected chi connectivity index (χ3v) is 5.07. The molecule has 1 heterocycles. The van der Waals surface area contributed by atoms with E-state index in [-0.39, 0.29) is 29.6 Å². The molecule has 1 aliphatic carbocycles. The van der Waals surface area contributed by atoms with Gasteiger partial charge in [-0.2, -0.15) is 0 Å². The SMILES string of the molecule is CCOC(=O)[C@@H]1[C@H](c2ccccc2)[C@H]1c1ccc2nc(C(C)C)oc2c1. The summed E-state index contributed by atoms with van der Waals surface area (Å²) in [6, 6.07) is 16.3. The summed E-state index contributed by atoms with van der Waals surface area (Å²) >= 11 is 0. The first-order valence-electron chi connectivity index (χ1n) is 9.22. The van der Waals surface area contributed by atoms with Crippen LogP contribution >= 0.6 is 0 Å². The largest absolute Gasteiger partial charge is 0.466 e. The molecule has 1 fully saturated rings. The van der Waals surface area contributed by atoms with Gasteiger partial charge in [0.25, 0.3) is 0 Å². The highest BCUT2D eigenvalue weighted by atomic mass is 16.5. The standard InChI is InChI=1S/C22H23NO3/c1-4-25-22(24)20-18(14-8-6-5-7-9-14)19(20)15-10-11-16-17(12-15)26-21(23-16)13(2)3/h5-13,18-20H,4H2,1-3H3/t18-,19-,20-/m1/s1. The van der Waals surface area contributed by atoms with Gasteiger partial charge in [0.15, 0.2) is 11.5 Å². The number of carbonyl (C=O) groups excluding carboxylic acids is 1. The van der Waals surface area contributed by atoms with Crippen LogP contribution in [0.5, 0.6) is 0 Å². The van der Waals surface area contributed by atoms with E-state index in [1.165, 1.54) is 5.56 Å². The Hall–Kier alpha value is -2.62. The third-order valence-electron chi connectivity index (χ3n) is 5.07. The summed E-state index contributed by atoms with van der Waals surface area (Å²) in [7, 11) is 0. The first kappa shape index (κ1) is 16.8. The van der Waals surface area contributed by atoms with Gasteiger partial charge in [-0.25, -0.2) is 4.98 Å². The van der Waals surface area contributed by atoms with Crippen LogP contribution in [-0.4, -0.2) is 17.6 Å². The van der Waals surface area contributed by atoms with Crippen LogP contribution in [0.2, 0.25) is 0 Å². The Labute approximate surface area is 153 Å². The van der Waals surface area contributed by atoms with Crippen LogP contribution in [0.1, 0.15) is 55.5 Å². The molecule has 4 nitrogen and oxygen atoms in total. The molecule has 3 aromatic rings. The van der Waals surface area contributed by atoms with Gasteiger partial charge in [0, 0.05) is 17.8 Å². The van der Waals surface area contributed by atoms with Crippen LogP contribution in [-0.2, 0) is 9.53 Å². The summed E-state index contributed by atoms with van der Waals surface area (Å²) < 4.78 is 11.2. The van der Waals surface area contributed by atoms with Crippen molar-refractivity contribution in [3.63, 3.8) is 0 Å². The number of benzene rings is 2. The van der Waals surface area contributed by atoms with E-state index in [4.69, 9.17) is 9.15 Å². The van der Waals surface area contributed by atoms with Gasteiger partial charge in [0.05, 0.1) is 12.5 Å². The van der Waals surface area contributed by atoms with E-state index >= 15 is 0 Å². The van der Waals surface area contributed by atoms with Gasteiger partial charge in [-0.05, 0) is 30.2 Å². The van der Waals surface area contributed by atoms with Crippen molar-refractivity contribution in [1.82, 2.24) is 4.98 Å². The van der Waals surface area contributed by atoms with Crippen LogP contribution in [0.25, 0.3) is 11.1 Å². The third kappa shape index (κ3) is 2.90. The maximum Gasteiger partial charge on any atom is 0.310 e. The minimum Gasteiger partial charge on any atom is -0.466 e. The summed E-state index contributed by atoms with van der Waals surface area (Å²) in [6.07, 6.45) is 0. The molecular formula is C22H23NO3. The number of oxazole rings is 1. The highest BCUT2D eigenvalue weighted by Gasteiger charge is 2.57. The van der Waals surface area contributed by atoms with Gasteiger partial charge in [0.2, 0.25) is 0 Å². The average molecular weight is 349 g/mol. The van der Waals surface area contributed by atoms with Crippen molar-refractivity contribution in [2.24, 2.45) is 5.92 Å². The zero-order valence-electron chi connectivity index (χ0n) is 15.3. The number of carbonyl (C=O) groups is 1. The van der Waals surface area contributed by atoms with E-state index in [0.717, 1.165) is 22.6 Å². The number of nitrogens with zero attached hydrogens (tertiary/aromatic N) is 1. The lowest BCUT2D eigenvalue weighted by Crippen LogP contribution is -2.08. The number of hydrogen-bond donors (Lipinski definition) is 0. The fraction of sp³-hybridized carbons (Fsp3) is 0.364. The topological polar surface area (TPSA) is 52.3 Å². The average Bonchev–Trinajstić information content (AvgIpc) is 3.25. The number of aromatic nitrogens is 1. The van der Waals surface area contributed by atoms with Crippen molar-refractivity contribution >= 4 is 17.1 Å². The molecule has 0 bridgehead atoms. The molecule has 0 N–H and O–H groups in total. The molecule has 26 heavy (non-hydrogen) atoms. The van der Waals surface area contributed by atoms with Crippen molar-refractivity contribution in [2.75, 3.05) is 6.61 Å². The van der Waals surface area contributed by atoms with Crippen LogP contribution in [0, 0.1) is 5.92 Å². The van der Waals surface area contributed by atoms with E-state index in [1.54, 1.807) is 0 Å². The quantitative estimate of drug-likeness (QED) is 0.608. The molecule has 0 saturated heterocycles. The summed E-state index contributed by atoms with van der Waals surface area (Å²) in [6.45, 7) is 6.38. The van der Waals surface area contributed by atoms with Gasteiger partial charge in [0.1, 0.15) is 5.52 Å². The molecule has 4 rings (SSSR count). The first-order valence-corrected chi connectivity index (χ1v) is 9.22. The molecule has 0 unspecified atom stereocenters. The Morgan fingerprint density at radius 3 is 2.54 bits per heavy atom. The molecule has 1 aromatic heterocycles. The Morgan fingerprint density at radius 1 is 1.12 bits per heavy atom. The van der Waals surface area contributed by atoms with Gasteiger partial charge >= 0.3 is 5.97 Å². The molecule has 0 aliphatic heterocycles. The lowest BCUT2D eigenvalue weighted by Gasteiger charge is -2.01. The monoisotopic (exact) mass is 349 g/mol. The minimum atomic E-state index is -0.137. The minimum absolute atomic E-state index is 0.119. The molecule has 0 radical (unpaired) electrons. The number of rotatable bonds is 5. The molecular weight excluding hydrogens is 326 g/mol. The van der Waals surface area contributed by atoms with Gasteiger partial charge < -0.3 is 9.15 Å². The van der Waals surface area contributed by atoms with Crippen molar-refractivity contribution < 1.29 is 13.9 Å². The van der Waals surface area contributed by atoms with E-state index in [1.807, 2.05) is 37.3 Å². The fourth-order valence-electron chi connectivity index (χ4n) is 3.76. The predicted molar refractivity (Wildman–Crippen MR) is 100 cm³/mol.